The lowest BCUT2D eigenvalue weighted by atomic mass is 10.1. The number of carboxylic acids is 1. The fourth-order valence-corrected chi connectivity index (χ4v) is 2.07. The number of non-ortho nitro benzene ring substituents is 1. The molecule has 0 radical (unpaired) electrons. The van der Waals surface area contributed by atoms with Gasteiger partial charge in [-0.15, -0.1) is 0 Å². The summed E-state index contributed by atoms with van der Waals surface area (Å²) in [6.07, 6.45) is 3.38. The molecule has 0 aliphatic rings. The van der Waals surface area contributed by atoms with Crippen molar-refractivity contribution < 1.29 is 14.8 Å². The Balaban J connectivity index is 2.11. The van der Waals surface area contributed by atoms with Crippen LogP contribution in [0.3, 0.4) is 0 Å². The van der Waals surface area contributed by atoms with E-state index in [4.69, 9.17) is 5.11 Å². The number of nitro groups is 1. The molecule has 1 aromatic carbocycles. The van der Waals surface area contributed by atoms with Crippen LogP contribution < -0.4 is 0 Å². The van der Waals surface area contributed by atoms with Gasteiger partial charge < -0.3 is 9.51 Å². The Morgan fingerprint density at radius 1 is 1.24 bits per heavy atom. The molecule has 2 aromatic heterocycles. The first-order valence-corrected chi connectivity index (χ1v) is 6.02. The van der Waals surface area contributed by atoms with Crippen molar-refractivity contribution in [3.8, 4) is 11.3 Å². The largest absolute Gasteiger partial charge is 0.478 e. The first-order chi connectivity index (χ1) is 10.1. The summed E-state index contributed by atoms with van der Waals surface area (Å²) >= 11 is 0. The van der Waals surface area contributed by atoms with Crippen LogP contribution in [0.2, 0.25) is 0 Å². The summed E-state index contributed by atoms with van der Waals surface area (Å²) in [4.78, 5) is 25.6. The Hall–Kier alpha value is -3.22. The maximum absolute atomic E-state index is 11.2. The molecule has 0 spiro atoms. The topological polar surface area (TPSA) is 97.7 Å². The second kappa shape index (κ2) is 4.71. The van der Waals surface area contributed by atoms with E-state index < -0.39 is 10.9 Å². The van der Waals surface area contributed by atoms with Crippen LogP contribution in [-0.4, -0.2) is 25.4 Å². The van der Waals surface area contributed by atoms with Crippen LogP contribution >= 0.6 is 0 Å². The van der Waals surface area contributed by atoms with Crippen LogP contribution in [0.1, 0.15) is 10.4 Å². The second-order valence-electron chi connectivity index (χ2n) is 4.39. The van der Waals surface area contributed by atoms with Gasteiger partial charge >= 0.3 is 5.97 Å². The molecule has 0 saturated heterocycles. The fourth-order valence-electron chi connectivity index (χ4n) is 2.07. The molecular weight excluding hydrogens is 274 g/mol. The van der Waals surface area contributed by atoms with Crippen molar-refractivity contribution in [3.63, 3.8) is 0 Å². The van der Waals surface area contributed by atoms with Gasteiger partial charge in [0, 0.05) is 30.1 Å². The van der Waals surface area contributed by atoms with Crippen molar-refractivity contribution in [2.45, 2.75) is 0 Å². The van der Waals surface area contributed by atoms with Crippen LogP contribution in [0.5, 0.6) is 0 Å². The Bertz CT molecular complexity index is 852. The Morgan fingerprint density at radius 2 is 1.95 bits per heavy atom. The molecule has 21 heavy (non-hydrogen) atoms. The normalized spacial score (nSPS) is 10.7. The quantitative estimate of drug-likeness (QED) is 0.588. The van der Waals surface area contributed by atoms with Gasteiger partial charge in [-0.1, -0.05) is 0 Å². The van der Waals surface area contributed by atoms with E-state index in [0.29, 0.717) is 16.9 Å². The Morgan fingerprint density at radius 3 is 2.57 bits per heavy atom. The SMILES string of the molecule is O=C(O)c1cccn2cc(-c3ccc([N+](=O)[O-])cc3)nc12. The van der Waals surface area contributed by atoms with Crippen molar-refractivity contribution >= 4 is 17.3 Å². The minimum atomic E-state index is -1.05. The van der Waals surface area contributed by atoms with Gasteiger partial charge in [-0.25, -0.2) is 9.78 Å². The third-order valence-electron chi connectivity index (χ3n) is 3.09. The van der Waals surface area contributed by atoms with Crippen molar-refractivity contribution in [1.29, 1.82) is 0 Å². The van der Waals surface area contributed by atoms with E-state index in [9.17, 15) is 14.9 Å². The predicted molar refractivity (Wildman–Crippen MR) is 74.2 cm³/mol. The zero-order chi connectivity index (χ0) is 15.0. The van der Waals surface area contributed by atoms with Gasteiger partial charge in [0.2, 0.25) is 0 Å². The van der Waals surface area contributed by atoms with Gasteiger partial charge in [0.25, 0.3) is 5.69 Å². The van der Waals surface area contributed by atoms with Crippen molar-refractivity contribution in [3.05, 3.63) is 64.5 Å². The Labute approximate surface area is 118 Å². The maximum atomic E-state index is 11.2. The summed E-state index contributed by atoms with van der Waals surface area (Å²) < 4.78 is 1.61. The zero-order valence-corrected chi connectivity index (χ0v) is 10.6. The lowest BCUT2D eigenvalue weighted by Gasteiger charge is -1.96. The minimum absolute atomic E-state index is 0.00580. The third kappa shape index (κ3) is 2.20. The van der Waals surface area contributed by atoms with E-state index in [0.717, 1.165) is 0 Å². The van der Waals surface area contributed by atoms with Crippen molar-refractivity contribution in [2.24, 2.45) is 0 Å². The molecule has 0 bridgehead atoms. The number of pyridine rings is 1. The number of imidazole rings is 1. The third-order valence-corrected chi connectivity index (χ3v) is 3.09. The van der Waals surface area contributed by atoms with E-state index in [1.165, 1.54) is 18.2 Å². The van der Waals surface area contributed by atoms with Gasteiger partial charge in [-0.2, -0.15) is 0 Å². The average Bonchev–Trinajstić information content (AvgIpc) is 2.90. The second-order valence-corrected chi connectivity index (χ2v) is 4.39. The van der Waals surface area contributed by atoms with E-state index in [-0.39, 0.29) is 11.3 Å². The molecule has 3 rings (SSSR count). The summed E-state index contributed by atoms with van der Waals surface area (Å²) in [5, 5.41) is 19.8. The molecule has 0 aliphatic heterocycles. The number of fused-ring (bicyclic) bond motifs is 1. The number of carboxylic acid groups (broad SMARTS) is 1. The monoisotopic (exact) mass is 283 g/mol. The number of aromatic nitrogens is 2. The summed E-state index contributed by atoms with van der Waals surface area (Å²) in [7, 11) is 0. The molecule has 0 aliphatic carbocycles. The smallest absolute Gasteiger partial charge is 0.339 e. The van der Waals surface area contributed by atoms with E-state index in [1.807, 2.05) is 0 Å². The molecule has 0 amide bonds. The molecule has 1 N–H and O–H groups in total. The van der Waals surface area contributed by atoms with Crippen LogP contribution in [0.25, 0.3) is 16.9 Å². The van der Waals surface area contributed by atoms with Crippen LogP contribution in [0.4, 0.5) is 5.69 Å². The number of nitrogens with zero attached hydrogens (tertiary/aromatic N) is 3. The van der Waals surface area contributed by atoms with Gasteiger partial charge in [0.15, 0.2) is 5.65 Å². The predicted octanol–water partition coefficient (Wildman–Crippen LogP) is 2.61. The highest BCUT2D eigenvalue weighted by molar-refractivity contribution is 5.94. The maximum Gasteiger partial charge on any atom is 0.339 e. The molecule has 0 saturated carbocycles. The van der Waals surface area contributed by atoms with Gasteiger partial charge in [0.05, 0.1) is 10.6 Å². The number of hydrogen-bond donors (Lipinski definition) is 1. The van der Waals surface area contributed by atoms with Gasteiger partial charge in [-0.3, -0.25) is 10.1 Å². The highest BCUT2D eigenvalue weighted by Gasteiger charge is 2.13. The Kier molecular flexibility index (Phi) is 2.87. The highest BCUT2D eigenvalue weighted by atomic mass is 16.6. The summed E-state index contributed by atoms with van der Waals surface area (Å²) in [5.41, 5.74) is 1.66. The molecule has 0 unspecified atom stereocenters. The van der Waals surface area contributed by atoms with Gasteiger partial charge in [-0.05, 0) is 24.3 Å². The molecule has 7 nitrogen and oxygen atoms in total. The molecule has 0 fully saturated rings. The van der Waals surface area contributed by atoms with Crippen molar-refractivity contribution in [1.82, 2.24) is 9.38 Å². The van der Waals surface area contributed by atoms with Gasteiger partial charge in [0.1, 0.15) is 5.56 Å². The molecule has 2 heterocycles. The first-order valence-electron chi connectivity index (χ1n) is 6.02. The molecular formula is C14H9N3O4. The number of carbonyl (C=O) groups is 1. The molecule has 3 aromatic rings. The number of benzene rings is 1. The standard InChI is InChI=1S/C14H9N3O4/c18-14(19)11-2-1-7-16-8-12(15-13(11)16)9-3-5-10(6-4-9)17(20)21/h1-8H,(H,18,19). The molecule has 104 valence electrons. The van der Waals surface area contributed by atoms with Crippen LogP contribution in [0, 0.1) is 10.1 Å². The number of aromatic carboxylic acids is 1. The lowest BCUT2D eigenvalue weighted by molar-refractivity contribution is -0.384. The minimum Gasteiger partial charge on any atom is -0.478 e. The average molecular weight is 283 g/mol. The summed E-state index contributed by atoms with van der Waals surface area (Å²) in [6, 6.07) is 9.04. The van der Waals surface area contributed by atoms with Crippen LogP contribution in [0.15, 0.2) is 48.8 Å². The fraction of sp³-hybridized carbons (Fsp3) is 0. The number of nitro benzene ring substituents is 1. The van der Waals surface area contributed by atoms with E-state index in [1.54, 1.807) is 35.0 Å². The molecule has 0 atom stereocenters. The first kappa shape index (κ1) is 12.8. The zero-order valence-electron chi connectivity index (χ0n) is 10.6. The highest BCUT2D eigenvalue weighted by Crippen LogP contribution is 2.23. The number of hydrogen-bond acceptors (Lipinski definition) is 4. The molecule has 7 heteroatoms. The summed E-state index contributed by atoms with van der Waals surface area (Å²) in [6.45, 7) is 0. The lowest BCUT2D eigenvalue weighted by Crippen LogP contribution is -1.99. The summed E-state index contributed by atoms with van der Waals surface area (Å²) in [5.74, 6) is -1.05. The van der Waals surface area contributed by atoms with E-state index in [2.05, 4.69) is 4.98 Å². The van der Waals surface area contributed by atoms with Crippen molar-refractivity contribution in [2.75, 3.05) is 0 Å². The van der Waals surface area contributed by atoms with Crippen LogP contribution in [-0.2, 0) is 0 Å². The number of rotatable bonds is 3. The van der Waals surface area contributed by atoms with E-state index >= 15 is 0 Å².